The van der Waals surface area contributed by atoms with Crippen LogP contribution in [0.5, 0.6) is 0 Å². The normalized spacial score (nSPS) is 20.5. The van der Waals surface area contributed by atoms with Gasteiger partial charge in [-0.25, -0.2) is 0 Å². The zero-order chi connectivity index (χ0) is 12.4. The molecule has 0 radical (unpaired) electrons. The van der Waals surface area contributed by atoms with Crippen LogP contribution in [-0.2, 0) is 4.79 Å². The Morgan fingerprint density at radius 3 is 2.88 bits per heavy atom. The van der Waals surface area contributed by atoms with Gasteiger partial charge in [-0.15, -0.1) is 0 Å². The smallest absolute Gasteiger partial charge is 0.228 e. The Balaban J connectivity index is 2.03. The Morgan fingerprint density at radius 2 is 2.29 bits per heavy atom. The third-order valence-electron chi connectivity index (χ3n) is 3.21. The first kappa shape index (κ1) is 12.6. The molecule has 0 bridgehead atoms. The average Bonchev–Trinajstić information content (AvgIpc) is 2.69. The van der Waals surface area contributed by atoms with Crippen LogP contribution in [0.15, 0.2) is 22.7 Å². The number of rotatable bonds is 2. The van der Waals surface area contributed by atoms with E-state index in [-0.39, 0.29) is 11.8 Å². The lowest BCUT2D eigenvalue weighted by Gasteiger charge is -2.13. The molecule has 1 heterocycles. The van der Waals surface area contributed by atoms with Crippen molar-refractivity contribution in [2.75, 3.05) is 25.5 Å². The SMILES string of the molecule is Cc1cc(Br)ccc1NC(=O)C1CCN(C)C1. The second kappa shape index (κ2) is 5.19. The van der Waals surface area contributed by atoms with Gasteiger partial charge in [0.2, 0.25) is 5.91 Å². The van der Waals surface area contributed by atoms with Crippen LogP contribution in [0.4, 0.5) is 5.69 Å². The Morgan fingerprint density at radius 1 is 1.53 bits per heavy atom. The van der Waals surface area contributed by atoms with Crippen LogP contribution in [0.3, 0.4) is 0 Å². The number of aryl methyl sites for hydroxylation is 1. The highest BCUT2D eigenvalue weighted by molar-refractivity contribution is 9.10. The molecule has 0 spiro atoms. The minimum absolute atomic E-state index is 0.128. The molecule has 1 aromatic carbocycles. The first-order valence-electron chi connectivity index (χ1n) is 5.82. The van der Waals surface area contributed by atoms with E-state index in [4.69, 9.17) is 0 Å². The molecule has 4 heteroatoms. The number of carbonyl (C=O) groups is 1. The number of likely N-dealkylation sites (tertiary alicyclic amines) is 1. The van der Waals surface area contributed by atoms with Crippen LogP contribution in [-0.4, -0.2) is 30.9 Å². The van der Waals surface area contributed by atoms with Crippen LogP contribution < -0.4 is 5.32 Å². The molecule has 17 heavy (non-hydrogen) atoms. The van der Waals surface area contributed by atoms with Crippen LogP contribution >= 0.6 is 15.9 Å². The summed E-state index contributed by atoms with van der Waals surface area (Å²) in [7, 11) is 2.05. The maximum Gasteiger partial charge on any atom is 0.228 e. The summed E-state index contributed by atoms with van der Waals surface area (Å²) < 4.78 is 1.04. The maximum absolute atomic E-state index is 12.0. The highest BCUT2D eigenvalue weighted by Crippen LogP contribution is 2.22. The van der Waals surface area contributed by atoms with Gasteiger partial charge in [0, 0.05) is 16.7 Å². The zero-order valence-corrected chi connectivity index (χ0v) is 11.8. The first-order chi connectivity index (χ1) is 8.06. The molecule has 1 aliphatic heterocycles. The maximum atomic E-state index is 12.0. The first-order valence-corrected chi connectivity index (χ1v) is 6.61. The molecule has 1 fully saturated rings. The summed E-state index contributed by atoms with van der Waals surface area (Å²) in [5.74, 6) is 0.266. The molecule has 1 atom stereocenters. The van der Waals surface area contributed by atoms with Gasteiger partial charge < -0.3 is 10.2 Å². The summed E-state index contributed by atoms with van der Waals surface area (Å²) in [5.41, 5.74) is 1.99. The van der Waals surface area contributed by atoms with Crippen molar-refractivity contribution in [1.29, 1.82) is 0 Å². The summed E-state index contributed by atoms with van der Waals surface area (Å²) >= 11 is 3.42. The third kappa shape index (κ3) is 3.07. The molecule has 2 rings (SSSR count). The molecule has 1 saturated heterocycles. The quantitative estimate of drug-likeness (QED) is 0.910. The van der Waals surface area contributed by atoms with E-state index in [1.807, 2.05) is 25.1 Å². The van der Waals surface area contributed by atoms with Gasteiger partial charge >= 0.3 is 0 Å². The second-order valence-electron chi connectivity index (χ2n) is 4.70. The number of nitrogens with one attached hydrogen (secondary N) is 1. The number of benzene rings is 1. The predicted molar refractivity (Wildman–Crippen MR) is 73.1 cm³/mol. The molecule has 1 aliphatic rings. The van der Waals surface area contributed by atoms with Crippen molar-refractivity contribution < 1.29 is 4.79 Å². The molecular formula is C13H17BrN2O. The van der Waals surface area contributed by atoms with Crippen LogP contribution in [0.2, 0.25) is 0 Å². The molecular weight excluding hydrogens is 280 g/mol. The van der Waals surface area contributed by atoms with Crippen LogP contribution in [0, 0.1) is 12.8 Å². The van der Waals surface area contributed by atoms with E-state index in [1.54, 1.807) is 0 Å². The lowest BCUT2D eigenvalue weighted by Crippen LogP contribution is -2.25. The van der Waals surface area contributed by atoms with E-state index in [0.717, 1.165) is 35.2 Å². The number of carbonyl (C=O) groups excluding carboxylic acids is 1. The van der Waals surface area contributed by atoms with Gasteiger partial charge in [-0.3, -0.25) is 4.79 Å². The summed E-state index contributed by atoms with van der Waals surface area (Å²) in [6, 6.07) is 5.90. The molecule has 3 nitrogen and oxygen atoms in total. The van der Waals surface area contributed by atoms with Crippen LogP contribution in [0.1, 0.15) is 12.0 Å². The Hall–Kier alpha value is -0.870. The molecule has 0 saturated carbocycles. The Kier molecular flexibility index (Phi) is 3.84. The molecule has 1 aromatic rings. The fraction of sp³-hybridized carbons (Fsp3) is 0.462. The number of hydrogen-bond donors (Lipinski definition) is 1. The minimum atomic E-state index is 0.128. The van der Waals surface area contributed by atoms with E-state index in [2.05, 4.69) is 33.2 Å². The summed E-state index contributed by atoms with van der Waals surface area (Å²) in [4.78, 5) is 14.2. The molecule has 1 unspecified atom stereocenters. The fourth-order valence-electron chi connectivity index (χ4n) is 2.15. The van der Waals surface area contributed by atoms with Crippen molar-refractivity contribution >= 4 is 27.5 Å². The average molecular weight is 297 g/mol. The number of nitrogens with zero attached hydrogens (tertiary/aromatic N) is 1. The van der Waals surface area contributed by atoms with E-state index in [1.165, 1.54) is 0 Å². The van der Waals surface area contributed by atoms with Gasteiger partial charge in [-0.05, 0) is 50.7 Å². The lowest BCUT2D eigenvalue weighted by molar-refractivity contribution is -0.119. The molecule has 1 N–H and O–H groups in total. The van der Waals surface area contributed by atoms with E-state index >= 15 is 0 Å². The van der Waals surface area contributed by atoms with Gasteiger partial charge in [0.15, 0.2) is 0 Å². The second-order valence-corrected chi connectivity index (χ2v) is 5.61. The fourth-order valence-corrected chi connectivity index (χ4v) is 2.63. The van der Waals surface area contributed by atoms with E-state index < -0.39 is 0 Å². The van der Waals surface area contributed by atoms with Crippen molar-refractivity contribution in [3.05, 3.63) is 28.2 Å². The topological polar surface area (TPSA) is 32.3 Å². The van der Waals surface area contributed by atoms with Gasteiger partial charge in [0.25, 0.3) is 0 Å². The summed E-state index contributed by atoms with van der Waals surface area (Å²) in [6.45, 7) is 3.87. The van der Waals surface area contributed by atoms with Gasteiger partial charge in [0.1, 0.15) is 0 Å². The summed E-state index contributed by atoms with van der Waals surface area (Å²) in [5, 5.41) is 3.01. The number of anilines is 1. The highest BCUT2D eigenvalue weighted by atomic mass is 79.9. The standard InChI is InChI=1S/C13H17BrN2O/c1-9-7-11(14)3-4-12(9)15-13(17)10-5-6-16(2)8-10/h3-4,7,10H,5-6,8H2,1-2H3,(H,15,17). The Bertz CT molecular complexity index is 433. The van der Waals surface area contributed by atoms with E-state index in [9.17, 15) is 4.79 Å². The molecule has 92 valence electrons. The number of hydrogen-bond acceptors (Lipinski definition) is 2. The van der Waals surface area contributed by atoms with Crippen molar-refractivity contribution in [1.82, 2.24) is 4.90 Å². The third-order valence-corrected chi connectivity index (χ3v) is 3.70. The van der Waals surface area contributed by atoms with Gasteiger partial charge in [-0.2, -0.15) is 0 Å². The van der Waals surface area contributed by atoms with Crippen molar-refractivity contribution in [2.24, 2.45) is 5.92 Å². The van der Waals surface area contributed by atoms with Crippen molar-refractivity contribution in [3.63, 3.8) is 0 Å². The summed E-state index contributed by atoms with van der Waals surface area (Å²) in [6.07, 6.45) is 0.956. The highest BCUT2D eigenvalue weighted by Gasteiger charge is 2.26. The number of halogens is 1. The van der Waals surface area contributed by atoms with E-state index in [0.29, 0.717) is 0 Å². The monoisotopic (exact) mass is 296 g/mol. The number of amides is 1. The molecule has 1 amide bonds. The minimum Gasteiger partial charge on any atom is -0.326 e. The molecule has 0 aliphatic carbocycles. The predicted octanol–water partition coefficient (Wildman–Crippen LogP) is 2.65. The van der Waals surface area contributed by atoms with Gasteiger partial charge in [0.05, 0.1) is 5.92 Å². The zero-order valence-electron chi connectivity index (χ0n) is 10.2. The Labute approximate surface area is 110 Å². The van der Waals surface area contributed by atoms with Crippen LogP contribution in [0.25, 0.3) is 0 Å². The van der Waals surface area contributed by atoms with Crippen molar-refractivity contribution in [2.45, 2.75) is 13.3 Å². The molecule has 0 aromatic heterocycles. The van der Waals surface area contributed by atoms with Crippen molar-refractivity contribution in [3.8, 4) is 0 Å². The lowest BCUT2D eigenvalue weighted by atomic mass is 10.1. The largest absolute Gasteiger partial charge is 0.326 e. The van der Waals surface area contributed by atoms with Gasteiger partial charge in [-0.1, -0.05) is 15.9 Å².